The molecule has 100 valence electrons. The summed E-state index contributed by atoms with van der Waals surface area (Å²) in [4.78, 5) is 10.7. The fraction of sp³-hybridized carbons (Fsp3) is 0. The van der Waals surface area contributed by atoms with Crippen LogP contribution in [0.1, 0.15) is 15.9 Å². The molecule has 0 aliphatic carbocycles. The van der Waals surface area contributed by atoms with Gasteiger partial charge in [-0.2, -0.15) is 5.26 Å². The summed E-state index contributed by atoms with van der Waals surface area (Å²) in [5.41, 5.74) is 0.693. The van der Waals surface area contributed by atoms with Crippen LogP contribution in [0.25, 0.3) is 0 Å². The highest BCUT2D eigenvalue weighted by atomic mass is 35.5. The van der Waals surface area contributed by atoms with Gasteiger partial charge in [-0.1, -0.05) is 11.6 Å². The van der Waals surface area contributed by atoms with Crippen LogP contribution in [-0.2, 0) is 0 Å². The third-order valence-corrected chi connectivity index (χ3v) is 2.82. The number of rotatable bonds is 3. The molecule has 2 aromatic rings. The first kappa shape index (κ1) is 13.8. The van der Waals surface area contributed by atoms with Crippen LogP contribution in [-0.4, -0.2) is 11.1 Å². The second-order valence-corrected chi connectivity index (χ2v) is 4.36. The predicted octanol–water partition coefficient (Wildman–Crippen LogP) is 3.79. The van der Waals surface area contributed by atoms with Crippen molar-refractivity contribution in [3.63, 3.8) is 0 Å². The van der Waals surface area contributed by atoms with E-state index in [0.29, 0.717) is 22.0 Å². The minimum absolute atomic E-state index is 0.306. The van der Waals surface area contributed by atoms with Crippen LogP contribution in [0.2, 0.25) is 5.02 Å². The number of benzene rings is 2. The van der Waals surface area contributed by atoms with E-state index in [1.165, 1.54) is 12.1 Å². The van der Waals surface area contributed by atoms with Crippen molar-refractivity contribution in [3.05, 3.63) is 58.4 Å². The van der Waals surface area contributed by atoms with E-state index in [1.54, 1.807) is 12.1 Å². The van der Waals surface area contributed by atoms with Gasteiger partial charge in [0.05, 0.1) is 16.8 Å². The summed E-state index contributed by atoms with van der Waals surface area (Å²) in [6.07, 6.45) is 0. The maximum Gasteiger partial charge on any atom is 0.338 e. The van der Waals surface area contributed by atoms with Gasteiger partial charge in [-0.05, 0) is 36.4 Å². The molecule has 0 spiro atoms. The van der Waals surface area contributed by atoms with Crippen molar-refractivity contribution in [1.29, 1.82) is 5.26 Å². The third-order valence-electron chi connectivity index (χ3n) is 2.58. The molecule has 0 atom stereocenters. The maximum atomic E-state index is 13.5. The van der Waals surface area contributed by atoms with Crippen molar-refractivity contribution < 1.29 is 14.3 Å². The molecule has 4 nitrogen and oxygen atoms in total. The van der Waals surface area contributed by atoms with E-state index in [-0.39, 0.29) is 0 Å². The lowest BCUT2D eigenvalue weighted by Gasteiger charge is -2.09. The van der Waals surface area contributed by atoms with Gasteiger partial charge in [0, 0.05) is 10.7 Å². The SMILES string of the molecule is N#Cc1cc(Cl)ccc1Nc1ccc(C(=O)O)c(F)c1. The van der Waals surface area contributed by atoms with Gasteiger partial charge in [-0.25, -0.2) is 9.18 Å². The summed E-state index contributed by atoms with van der Waals surface area (Å²) in [5, 5.41) is 21.0. The zero-order valence-electron chi connectivity index (χ0n) is 10.0. The van der Waals surface area contributed by atoms with Crippen molar-refractivity contribution in [3.8, 4) is 6.07 Å². The summed E-state index contributed by atoms with van der Waals surface area (Å²) in [7, 11) is 0. The molecule has 0 bridgehead atoms. The van der Waals surface area contributed by atoms with Gasteiger partial charge in [0.2, 0.25) is 0 Å². The quantitative estimate of drug-likeness (QED) is 0.902. The lowest BCUT2D eigenvalue weighted by atomic mass is 10.1. The van der Waals surface area contributed by atoms with Crippen LogP contribution in [0.5, 0.6) is 0 Å². The van der Waals surface area contributed by atoms with E-state index in [2.05, 4.69) is 5.32 Å². The third kappa shape index (κ3) is 2.87. The topological polar surface area (TPSA) is 73.1 Å². The molecule has 0 amide bonds. The minimum atomic E-state index is -1.33. The molecule has 20 heavy (non-hydrogen) atoms. The molecular weight excluding hydrogens is 283 g/mol. The molecular formula is C14H8ClFN2O2. The zero-order chi connectivity index (χ0) is 14.7. The summed E-state index contributed by atoms with van der Waals surface area (Å²) in [5.74, 6) is -2.19. The van der Waals surface area contributed by atoms with Crippen molar-refractivity contribution >= 4 is 28.9 Å². The lowest BCUT2D eigenvalue weighted by molar-refractivity contribution is 0.0692. The average molecular weight is 291 g/mol. The molecule has 0 fully saturated rings. The van der Waals surface area contributed by atoms with E-state index in [4.69, 9.17) is 22.0 Å². The molecule has 0 aliphatic rings. The first-order valence-electron chi connectivity index (χ1n) is 5.51. The second kappa shape index (κ2) is 5.59. The summed E-state index contributed by atoms with van der Waals surface area (Å²) in [6, 6.07) is 10.2. The average Bonchev–Trinajstić information content (AvgIpc) is 2.40. The number of aromatic carboxylic acids is 1. The van der Waals surface area contributed by atoms with Crippen LogP contribution in [0.15, 0.2) is 36.4 Å². The molecule has 0 aliphatic heterocycles. The van der Waals surface area contributed by atoms with Crippen LogP contribution >= 0.6 is 11.6 Å². The largest absolute Gasteiger partial charge is 0.478 e. The molecule has 2 aromatic carbocycles. The standard InChI is InChI=1S/C14H8ClFN2O2/c15-9-1-4-13(8(5-9)7-17)18-10-2-3-11(14(19)20)12(16)6-10/h1-6,18H,(H,19,20). The van der Waals surface area contributed by atoms with Crippen LogP contribution in [0.3, 0.4) is 0 Å². The Balaban J connectivity index is 2.34. The lowest BCUT2D eigenvalue weighted by Crippen LogP contribution is -2.01. The van der Waals surface area contributed by atoms with Gasteiger partial charge in [0.25, 0.3) is 0 Å². The molecule has 0 radical (unpaired) electrons. The Morgan fingerprint density at radius 3 is 2.65 bits per heavy atom. The smallest absolute Gasteiger partial charge is 0.338 e. The van der Waals surface area contributed by atoms with E-state index in [0.717, 1.165) is 12.1 Å². The zero-order valence-corrected chi connectivity index (χ0v) is 10.8. The fourth-order valence-electron chi connectivity index (χ4n) is 1.64. The number of hydrogen-bond acceptors (Lipinski definition) is 3. The molecule has 0 unspecified atom stereocenters. The molecule has 6 heteroatoms. The Kier molecular flexibility index (Phi) is 3.87. The monoisotopic (exact) mass is 290 g/mol. The van der Waals surface area contributed by atoms with E-state index >= 15 is 0 Å². The molecule has 0 heterocycles. The van der Waals surface area contributed by atoms with Crippen LogP contribution in [0.4, 0.5) is 15.8 Å². The maximum absolute atomic E-state index is 13.5. The number of anilines is 2. The fourth-order valence-corrected chi connectivity index (χ4v) is 1.81. The Morgan fingerprint density at radius 2 is 2.05 bits per heavy atom. The molecule has 0 saturated heterocycles. The normalized spacial score (nSPS) is 9.85. The molecule has 0 aromatic heterocycles. The van der Waals surface area contributed by atoms with Crippen LogP contribution in [0, 0.1) is 17.1 Å². The highest BCUT2D eigenvalue weighted by Gasteiger charge is 2.11. The molecule has 0 saturated carbocycles. The highest BCUT2D eigenvalue weighted by molar-refractivity contribution is 6.30. The first-order valence-corrected chi connectivity index (χ1v) is 5.88. The van der Waals surface area contributed by atoms with Crippen LogP contribution < -0.4 is 5.32 Å². The van der Waals surface area contributed by atoms with Crippen molar-refractivity contribution in [2.24, 2.45) is 0 Å². The Labute approximate surface area is 119 Å². The van der Waals surface area contributed by atoms with Gasteiger partial charge < -0.3 is 10.4 Å². The Hall–Kier alpha value is -2.58. The number of hydrogen-bond donors (Lipinski definition) is 2. The van der Waals surface area contributed by atoms with Gasteiger partial charge in [0.1, 0.15) is 11.9 Å². The number of nitriles is 1. The number of carboxylic acid groups (broad SMARTS) is 1. The van der Waals surface area contributed by atoms with Crippen molar-refractivity contribution in [2.75, 3.05) is 5.32 Å². The van der Waals surface area contributed by atoms with Gasteiger partial charge in [-0.3, -0.25) is 0 Å². The van der Waals surface area contributed by atoms with E-state index in [1.807, 2.05) is 6.07 Å². The van der Waals surface area contributed by atoms with Crippen molar-refractivity contribution in [1.82, 2.24) is 0 Å². The second-order valence-electron chi connectivity index (χ2n) is 3.93. The predicted molar refractivity (Wildman–Crippen MR) is 72.8 cm³/mol. The number of nitrogens with one attached hydrogen (secondary N) is 1. The first-order chi connectivity index (χ1) is 9.51. The molecule has 2 N–H and O–H groups in total. The van der Waals surface area contributed by atoms with Gasteiger partial charge in [0.15, 0.2) is 0 Å². The number of halogens is 2. The van der Waals surface area contributed by atoms with Gasteiger partial charge >= 0.3 is 5.97 Å². The number of nitrogens with zero attached hydrogens (tertiary/aromatic N) is 1. The molecule has 2 rings (SSSR count). The minimum Gasteiger partial charge on any atom is -0.478 e. The Morgan fingerprint density at radius 1 is 1.30 bits per heavy atom. The summed E-state index contributed by atoms with van der Waals surface area (Å²) >= 11 is 5.78. The highest BCUT2D eigenvalue weighted by Crippen LogP contribution is 2.24. The van der Waals surface area contributed by atoms with E-state index < -0.39 is 17.3 Å². The summed E-state index contributed by atoms with van der Waals surface area (Å²) < 4.78 is 13.5. The number of carbonyl (C=O) groups is 1. The van der Waals surface area contributed by atoms with E-state index in [9.17, 15) is 9.18 Å². The number of carboxylic acids is 1. The van der Waals surface area contributed by atoms with Crippen molar-refractivity contribution in [2.45, 2.75) is 0 Å². The van der Waals surface area contributed by atoms with Gasteiger partial charge in [-0.15, -0.1) is 0 Å². The Bertz CT molecular complexity index is 726. The summed E-state index contributed by atoms with van der Waals surface area (Å²) in [6.45, 7) is 0.